The number of hydrogen-bond donors (Lipinski definition) is 2. The van der Waals surface area contributed by atoms with Crippen LogP contribution in [0.5, 0.6) is 0 Å². The summed E-state index contributed by atoms with van der Waals surface area (Å²) in [6.45, 7) is 14.7. The van der Waals surface area contributed by atoms with E-state index in [1.165, 1.54) is 0 Å². The lowest BCUT2D eigenvalue weighted by Gasteiger charge is -2.29. The van der Waals surface area contributed by atoms with Gasteiger partial charge in [-0.05, 0) is 25.7 Å². The van der Waals surface area contributed by atoms with Crippen LogP contribution in [0.1, 0.15) is 47.5 Å². The number of hydrogen-bond acceptors (Lipinski definition) is 2. The zero-order chi connectivity index (χ0) is 15.9. The molecule has 0 bridgehead atoms. The summed E-state index contributed by atoms with van der Waals surface area (Å²) in [5.41, 5.74) is 0.853. The Bertz CT molecular complexity index is 359. The zero-order valence-corrected chi connectivity index (χ0v) is 13.3. The molecule has 116 valence electrons. The summed E-state index contributed by atoms with van der Waals surface area (Å²) < 4.78 is 0. The molecule has 0 aliphatic rings. The molecule has 5 heteroatoms. The van der Waals surface area contributed by atoms with Crippen molar-refractivity contribution in [1.82, 2.24) is 10.2 Å². The SMILES string of the molecule is C=C(C)CN(CC)C(=O)NC(CC(=O)O)CC(C)(C)C. The van der Waals surface area contributed by atoms with E-state index in [9.17, 15) is 9.59 Å². The fourth-order valence-electron chi connectivity index (χ4n) is 2.04. The van der Waals surface area contributed by atoms with Crippen molar-refractivity contribution in [2.75, 3.05) is 13.1 Å². The molecule has 1 atom stereocenters. The maximum absolute atomic E-state index is 12.2. The molecule has 0 heterocycles. The van der Waals surface area contributed by atoms with E-state index in [-0.39, 0.29) is 23.9 Å². The lowest BCUT2D eigenvalue weighted by molar-refractivity contribution is -0.137. The second-order valence-electron chi connectivity index (χ2n) is 6.48. The summed E-state index contributed by atoms with van der Waals surface area (Å²) in [5, 5.41) is 11.8. The van der Waals surface area contributed by atoms with Gasteiger partial charge in [0.25, 0.3) is 0 Å². The lowest BCUT2D eigenvalue weighted by atomic mass is 9.87. The van der Waals surface area contributed by atoms with E-state index in [0.717, 1.165) is 5.57 Å². The quantitative estimate of drug-likeness (QED) is 0.706. The molecule has 1 unspecified atom stereocenters. The van der Waals surface area contributed by atoms with E-state index >= 15 is 0 Å². The first-order valence-corrected chi connectivity index (χ1v) is 6.96. The minimum absolute atomic E-state index is 0.0429. The highest BCUT2D eigenvalue weighted by atomic mass is 16.4. The first-order chi connectivity index (χ1) is 9.05. The van der Waals surface area contributed by atoms with Crippen molar-refractivity contribution in [2.45, 2.75) is 53.5 Å². The van der Waals surface area contributed by atoms with Gasteiger partial charge in [-0.1, -0.05) is 32.9 Å². The van der Waals surface area contributed by atoms with Gasteiger partial charge in [-0.3, -0.25) is 4.79 Å². The van der Waals surface area contributed by atoms with Gasteiger partial charge in [0.05, 0.1) is 6.42 Å². The predicted octanol–water partition coefficient (Wildman–Crippen LogP) is 2.87. The van der Waals surface area contributed by atoms with Crippen LogP contribution in [0, 0.1) is 5.41 Å². The maximum atomic E-state index is 12.2. The molecule has 0 saturated heterocycles. The number of carboxylic acids is 1. The largest absolute Gasteiger partial charge is 0.481 e. The van der Waals surface area contributed by atoms with Gasteiger partial charge >= 0.3 is 12.0 Å². The highest BCUT2D eigenvalue weighted by molar-refractivity contribution is 5.76. The Hall–Kier alpha value is -1.52. The Kier molecular flexibility index (Phi) is 7.32. The monoisotopic (exact) mass is 284 g/mol. The van der Waals surface area contributed by atoms with Crippen LogP contribution in [-0.4, -0.2) is 41.1 Å². The summed E-state index contributed by atoms with van der Waals surface area (Å²) >= 11 is 0. The molecule has 0 aliphatic heterocycles. The second kappa shape index (κ2) is 7.92. The van der Waals surface area contributed by atoms with Gasteiger partial charge in [-0.2, -0.15) is 0 Å². The minimum Gasteiger partial charge on any atom is -0.481 e. The molecule has 0 aromatic carbocycles. The zero-order valence-electron chi connectivity index (χ0n) is 13.3. The summed E-state index contributed by atoms with van der Waals surface area (Å²) in [6, 6.07) is -0.592. The molecular formula is C15H28N2O3. The number of carbonyl (C=O) groups excluding carboxylic acids is 1. The third-order valence-electron chi connectivity index (χ3n) is 2.74. The van der Waals surface area contributed by atoms with E-state index in [0.29, 0.717) is 19.5 Å². The smallest absolute Gasteiger partial charge is 0.317 e. The van der Waals surface area contributed by atoms with Crippen molar-refractivity contribution in [3.63, 3.8) is 0 Å². The van der Waals surface area contributed by atoms with Crippen molar-refractivity contribution in [3.8, 4) is 0 Å². The average Bonchev–Trinajstić information content (AvgIpc) is 2.21. The Morgan fingerprint density at radius 2 is 1.90 bits per heavy atom. The molecule has 5 nitrogen and oxygen atoms in total. The molecular weight excluding hydrogens is 256 g/mol. The Morgan fingerprint density at radius 3 is 2.25 bits per heavy atom. The highest BCUT2D eigenvalue weighted by Crippen LogP contribution is 2.22. The van der Waals surface area contributed by atoms with Crippen LogP contribution >= 0.6 is 0 Å². The van der Waals surface area contributed by atoms with Gasteiger partial charge in [0.2, 0.25) is 0 Å². The molecule has 2 N–H and O–H groups in total. The Labute approximate surface area is 122 Å². The number of carboxylic acid groups (broad SMARTS) is 1. The van der Waals surface area contributed by atoms with Crippen molar-refractivity contribution in [1.29, 1.82) is 0 Å². The highest BCUT2D eigenvalue weighted by Gasteiger charge is 2.24. The van der Waals surface area contributed by atoms with Crippen LogP contribution in [0.4, 0.5) is 4.79 Å². The van der Waals surface area contributed by atoms with E-state index in [1.807, 2.05) is 34.6 Å². The summed E-state index contributed by atoms with van der Waals surface area (Å²) in [7, 11) is 0. The van der Waals surface area contributed by atoms with Gasteiger partial charge < -0.3 is 15.3 Å². The molecule has 0 rings (SSSR count). The number of aliphatic carboxylic acids is 1. The van der Waals surface area contributed by atoms with Crippen LogP contribution in [0.25, 0.3) is 0 Å². The molecule has 0 spiro atoms. The van der Waals surface area contributed by atoms with Gasteiger partial charge in [-0.25, -0.2) is 4.79 Å². The topological polar surface area (TPSA) is 69.6 Å². The summed E-state index contributed by atoms with van der Waals surface area (Å²) in [5.74, 6) is -0.900. The minimum atomic E-state index is -0.900. The number of nitrogens with one attached hydrogen (secondary N) is 1. The number of carbonyl (C=O) groups is 2. The molecule has 20 heavy (non-hydrogen) atoms. The molecule has 0 saturated carbocycles. The third kappa shape index (κ3) is 8.56. The van der Waals surface area contributed by atoms with Gasteiger partial charge in [-0.15, -0.1) is 0 Å². The number of amides is 2. The predicted molar refractivity (Wildman–Crippen MR) is 80.7 cm³/mol. The fourth-order valence-corrected chi connectivity index (χ4v) is 2.04. The average molecular weight is 284 g/mol. The fraction of sp³-hybridized carbons (Fsp3) is 0.733. The number of rotatable bonds is 7. The molecule has 0 aromatic rings. The first kappa shape index (κ1) is 18.5. The lowest BCUT2D eigenvalue weighted by Crippen LogP contribution is -2.47. The van der Waals surface area contributed by atoms with Crippen LogP contribution in [-0.2, 0) is 4.79 Å². The molecule has 2 amide bonds. The van der Waals surface area contributed by atoms with Gasteiger partial charge in [0.15, 0.2) is 0 Å². The number of urea groups is 1. The molecule has 0 aromatic heterocycles. The normalized spacial score (nSPS) is 12.7. The maximum Gasteiger partial charge on any atom is 0.317 e. The first-order valence-electron chi connectivity index (χ1n) is 6.96. The number of likely N-dealkylation sites (N-methyl/N-ethyl adjacent to an activating group) is 1. The van der Waals surface area contributed by atoms with Crippen LogP contribution in [0.2, 0.25) is 0 Å². The van der Waals surface area contributed by atoms with E-state index in [1.54, 1.807) is 4.90 Å². The third-order valence-corrected chi connectivity index (χ3v) is 2.74. The van der Waals surface area contributed by atoms with Crippen LogP contribution < -0.4 is 5.32 Å². The summed E-state index contributed by atoms with van der Waals surface area (Å²) in [4.78, 5) is 24.7. The molecule has 0 fully saturated rings. The van der Waals surface area contributed by atoms with Gasteiger partial charge in [0.1, 0.15) is 0 Å². The molecule has 0 aliphatic carbocycles. The van der Waals surface area contributed by atoms with E-state index in [2.05, 4.69) is 11.9 Å². The number of nitrogens with zero attached hydrogens (tertiary/aromatic N) is 1. The van der Waals surface area contributed by atoms with E-state index in [4.69, 9.17) is 5.11 Å². The summed E-state index contributed by atoms with van der Waals surface area (Å²) in [6.07, 6.45) is 0.559. The van der Waals surface area contributed by atoms with Crippen molar-refractivity contribution < 1.29 is 14.7 Å². The van der Waals surface area contributed by atoms with Crippen molar-refractivity contribution in [2.24, 2.45) is 5.41 Å². The standard InChI is InChI=1S/C15H28N2O3/c1-7-17(10-11(2)3)14(20)16-12(8-13(18)19)9-15(4,5)6/h12H,2,7-10H2,1,3-6H3,(H,16,20)(H,18,19). The van der Waals surface area contributed by atoms with Crippen LogP contribution in [0.15, 0.2) is 12.2 Å². The molecule has 0 radical (unpaired) electrons. The Balaban J connectivity index is 4.73. The van der Waals surface area contributed by atoms with E-state index < -0.39 is 5.97 Å². The Morgan fingerprint density at radius 1 is 1.35 bits per heavy atom. The van der Waals surface area contributed by atoms with Crippen molar-refractivity contribution >= 4 is 12.0 Å². The van der Waals surface area contributed by atoms with Crippen molar-refractivity contribution in [3.05, 3.63) is 12.2 Å². The van der Waals surface area contributed by atoms with Crippen LogP contribution in [0.3, 0.4) is 0 Å². The van der Waals surface area contributed by atoms with Gasteiger partial charge in [0, 0.05) is 19.1 Å². The second-order valence-corrected chi connectivity index (χ2v) is 6.48.